The van der Waals surface area contributed by atoms with E-state index in [-0.39, 0.29) is 0 Å². The van der Waals surface area contributed by atoms with Gasteiger partial charge in [-0.05, 0) is 45.9 Å². The summed E-state index contributed by atoms with van der Waals surface area (Å²) in [4.78, 5) is 4.87. The predicted octanol–water partition coefficient (Wildman–Crippen LogP) is 0.996. The molecule has 1 heterocycles. The zero-order valence-corrected chi connectivity index (χ0v) is 10.7. The van der Waals surface area contributed by atoms with Gasteiger partial charge in [-0.1, -0.05) is 13.8 Å². The summed E-state index contributed by atoms with van der Waals surface area (Å²) in [5.74, 6) is 0.582. The molecule has 15 heavy (non-hydrogen) atoms. The average molecular weight is 213 g/mol. The fourth-order valence-electron chi connectivity index (χ4n) is 2.13. The molecule has 90 valence electrons. The molecule has 0 unspecified atom stereocenters. The lowest BCUT2D eigenvalue weighted by molar-refractivity contribution is 0.133. The Balaban J connectivity index is 2.30. The van der Waals surface area contributed by atoms with E-state index in [1.54, 1.807) is 0 Å². The first-order chi connectivity index (χ1) is 7.00. The van der Waals surface area contributed by atoms with Gasteiger partial charge in [-0.15, -0.1) is 0 Å². The van der Waals surface area contributed by atoms with Crippen molar-refractivity contribution in [2.24, 2.45) is 11.7 Å². The predicted molar refractivity (Wildman–Crippen MR) is 66.0 cm³/mol. The molecular weight excluding hydrogens is 186 g/mol. The highest BCUT2D eigenvalue weighted by Crippen LogP contribution is 2.14. The molecule has 1 atom stereocenters. The summed E-state index contributed by atoms with van der Waals surface area (Å²) in [6.45, 7) is 7.89. The van der Waals surface area contributed by atoms with Crippen molar-refractivity contribution >= 4 is 0 Å². The van der Waals surface area contributed by atoms with E-state index in [1.165, 1.54) is 25.9 Å². The molecule has 0 amide bonds. The standard InChI is InChI=1S/C12H27N3/c1-10(2)12(13)9-15(4)11-5-7-14(3)8-6-11/h10-12H,5-9,13H2,1-4H3/t12-/m0/s1. The highest BCUT2D eigenvalue weighted by molar-refractivity contribution is 4.79. The van der Waals surface area contributed by atoms with Gasteiger partial charge in [0.15, 0.2) is 0 Å². The molecule has 0 bridgehead atoms. The molecule has 1 saturated heterocycles. The first-order valence-electron chi connectivity index (χ1n) is 6.15. The van der Waals surface area contributed by atoms with E-state index >= 15 is 0 Å². The number of hydrogen-bond acceptors (Lipinski definition) is 3. The summed E-state index contributed by atoms with van der Waals surface area (Å²) in [5, 5.41) is 0. The van der Waals surface area contributed by atoms with E-state index in [2.05, 4.69) is 37.7 Å². The van der Waals surface area contributed by atoms with Gasteiger partial charge in [0.2, 0.25) is 0 Å². The third kappa shape index (κ3) is 4.09. The Hall–Kier alpha value is -0.120. The average Bonchev–Trinajstić information content (AvgIpc) is 2.18. The SMILES string of the molecule is CC(C)[C@@H](N)CN(C)C1CCN(C)CC1. The topological polar surface area (TPSA) is 32.5 Å². The third-order valence-corrected chi connectivity index (χ3v) is 3.67. The van der Waals surface area contributed by atoms with Crippen LogP contribution in [0.25, 0.3) is 0 Å². The first-order valence-corrected chi connectivity index (χ1v) is 6.15. The minimum Gasteiger partial charge on any atom is -0.326 e. The zero-order valence-electron chi connectivity index (χ0n) is 10.7. The Morgan fingerprint density at radius 1 is 1.33 bits per heavy atom. The van der Waals surface area contributed by atoms with Gasteiger partial charge >= 0.3 is 0 Å². The molecule has 0 aromatic rings. The highest BCUT2D eigenvalue weighted by Gasteiger charge is 2.22. The van der Waals surface area contributed by atoms with Crippen LogP contribution in [0.1, 0.15) is 26.7 Å². The van der Waals surface area contributed by atoms with Gasteiger partial charge in [-0.25, -0.2) is 0 Å². The van der Waals surface area contributed by atoms with E-state index < -0.39 is 0 Å². The second-order valence-electron chi connectivity index (χ2n) is 5.38. The van der Waals surface area contributed by atoms with Crippen molar-refractivity contribution < 1.29 is 0 Å². The molecule has 3 nitrogen and oxygen atoms in total. The van der Waals surface area contributed by atoms with Crippen LogP contribution >= 0.6 is 0 Å². The number of rotatable bonds is 4. The van der Waals surface area contributed by atoms with E-state index in [0.29, 0.717) is 12.0 Å². The zero-order chi connectivity index (χ0) is 11.4. The van der Waals surface area contributed by atoms with Crippen LogP contribution in [0, 0.1) is 5.92 Å². The van der Waals surface area contributed by atoms with Crippen molar-refractivity contribution in [1.29, 1.82) is 0 Å². The van der Waals surface area contributed by atoms with Gasteiger partial charge in [0.1, 0.15) is 0 Å². The quantitative estimate of drug-likeness (QED) is 0.756. The summed E-state index contributed by atoms with van der Waals surface area (Å²) >= 11 is 0. The number of piperidine rings is 1. The summed E-state index contributed by atoms with van der Waals surface area (Å²) in [6.07, 6.45) is 2.58. The Labute approximate surface area is 94.6 Å². The monoisotopic (exact) mass is 213 g/mol. The maximum Gasteiger partial charge on any atom is 0.0191 e. The molecule has 3 heteroatoms. The maximum atomic E-state index is 6.10. The molecule has 2 N–H and O–H groups in total. The number of nitrogens with zero attached hydrogens (tertiary/aromatic N) is 2. The molecule has 1 fully saturated rings. The van der Waals surface area contributed by atoms with Crippen LogP contribution in [-0.2, 0) is 0 Å². The molecule has 1 aliphatic heterocycles. The lowest BCUT2D eigenvalue weighted by atomic mass is 10.0. The van der Waals surface area contributed by atoms with Crippen molar-refractivity contribution in [2.75, 3.05) is 33.7 Å². The number of likely N-dealkylation sites (N-methyl/N-ethyl adjacent to an activating group) is 1. The summed E-state index contributed by atoms with van der Waals surface area (Å²) in [5.41, 5.74) is 6.10. The smallest absolute Gasteiger partial charge is 0.0191 e. The minimum atomic E-state index is 0.314. The van der Waals surface area contributed by atoms with Gasteiger partial charge in [0.05, 0.1) is 0 Å². The van der Waals surface area contributed by atoms with E-state index in [1.807, 2.05) is 0 Å². The van der Waals surface area contributed by atoms with Crippen LogP contribution in [0.2, 0.25) is 0 Å². The second kappa shape index (κ2) is 5.83. The van der Waals surface area contributed by atoms with Crippen molar-refractivity contribution in [3.63, 3.8) is 0 Å². The fraction of sp³-hybridized carbons (Fsp3) is 1.00. The largest absolute Gasteiger partial charge is 0.326 e. The summed E-state index contributed by atoms with van der Waals surface area (Å²) in [7, 11) is 4.42. The molecule has 0 radical (unpaired) electrons. The van der Waals surface area contributed by atoms with Crippen LogP contribution in [0.3, 0.4) is 0 Å². The van der Waals surface area contributed by atoms with E-state index in [9.17, 15) is 0 Å². The molecule has 0 aliphatic carbocycles. The fourth-order valence-corrected chi connectivity index (χ4v) is 2.13. The van der Waals surface area contributed by atoms with E-state index in [4.69, 9.17) is 5.73 Å². The Bertz CT molecular complexity index is 174. The molecule has 0 saturated carbocycles. The van der Waals surface area contributed by atoms with Crippen LogP contribution < -0.4 is 5.73 Å². The van der Waals surface area contributed by atoms with Crippen LogP contribution in [0.5, 0.6) is 0 Å². The van der Waals surface area contributed by atoms with Gasteiger partial charge < -0.3 is 15.5 Å². The van der Waals surface area contributed by atoms with Crippen LogP contribution in [0.4, 0.5) is 0 Å². The van der Waals surface area contributed by atoms with Crippen molar-refractivity contribution in [3.8, 4) is 0 Å². The Morgan fingerprint density at radius 3 is 2.33 bits per heavy atom. The molecule has 0 aromatic heterocycles. The maximum absolute atomic E-state index is 6.10. The van der Waals surface area contributed by atoms with Gasteiger partial charge in [0, 0.05) is 18.6 Å². The lowest BCUT2D eigenvalue weighted by Gasteiger charge is -2.36. The van der Waals surface area contributed by atoms with Gasteiger partial charge in [-0.3, -0.25) is 0 Å². The van der Waals surface area contributed by atoms with Gasteiger partial charge in [-0.2, -0.15) is 0 Å². The van der Waals surface area contributed by atoms with Crippen LogP contribution in [0.15, 0.2) is 0 Å². The number of likely N-dealkylation sites (tertiary alicyclic amines) is 1. The van der Waals surface area contributed by atoms with Gasteiger partial charge in [0.25, 0.3) is 0 Å². The Kier molecular flexibility index (Phi) is 5.03. The molecular formula is C12H27N3. The number of hydrogen-bond donors (Lipinski definition) is 1. The minimum absolute atomic E-state index is 0.314. The summed E-state index contributed by atoms with van der Waals surface area (Å²) < 4.78 is 0. The Morgan fingerprint density at radius 2 is 1.87 bits per heavy atom. The lowest BCUT2D eigenvalue weighted by Crippen LogP contribution is -2.47. The summed E-state index contributed by atoms with van der Waals surface area (Å²) in [6, 6.07) is 1.06. The third-order valence-electron chi connectivity index (χ3n) is 3.67. The molecule has 0 aromatic carbocycles. The molecule has 1 aliphatic rings. The van der Waals surface area contributed by atoms with Crippen LogP contribution in [-0.4, -0.2) is 55.6 Å². The molecule has 0 spiro atoms. The molecule has 1 rings (SSSR count). The van der Waals surface area contributed by atoms with E-state index in [0.717, 1.165) is 12.6 Å². The highest BCUT2D eigenvalue weighted by atomic mass is 15.2. The first kappa shape index (κ1) is 12.9. The van der Waals surface area contributed by atoms with Crippen molar-refractivity contribution in [1.82, 2.24) is 9.80 Å². The van der Waals surface area contributed by atoms with Crippen molar-refractivity contribution in [3.05, 3.63) is 0 Å². The normalized spacial score (nSPS) is 22.6. The van der Waals surface area contributed by atoms with Crippen molar-refractivity contribution in [2.45, 2.75) is 38.8 Å². The number of nitrogens with two attached hydrogens (primary N) is 1. The second-order valence-corrected chi connectivity index (χ2v) is 5.38.